The normalized spacial score (nSPS) is 11.7. The molecule has 8 nitrogen and oxygen atoms in total. The van der Waals surface area contributed by atoms with Crippen molar-refractivity contribution in [1.82, 2.24) is 19.1 Å². The number of rotatable bonds is 4. The van der Waals surface area contributed by atoms with Crippen LogP contribution in [0.25, 0.3) is 11.0 Å². The van der Waals surface area contributed by atoms with Crippen LogP contribution >= 0.6 is 11.8 Å². The van der Waals surface area contributed by atoms with Gasteiger partial charge in [0.05, 0.1) is 11.4 Å². The zero-order valence-electron chi connectivity index (χ0n) is 17.6. The molecule has 1 aromatic carbocycles. The van der Waals surface area contributed by atoms with Crippen molar-refractivity contribution in [2.75, 3.05) is 11.1 Å². The molecule has 2 heterocycles. The number of hydrogen-bond donors (Lipinski definition) is 1. The Labute approximate surface area is 180 Å². The van der Waals surface area contributed by atoms with Crippen LogP contribution in [0, 0.1) is 11.6 Å². The minimum atomic E-state index is -0.898. The molecule has 0 bridgehead atoms. The van der Waals surface area contributed by atoms with Crippen molar-refractivity contribution in [1.29, 1.82) is 0 Å². The SMILES string of the molecule is Cn1c(=O)c2c(SCC(=O)Nc3ccc(F)cc3F)nc(C(C)(C)C)nc2n(C)c1=O. The average molecular weight is 449 g/mol. The number of nitrogens with one attached hydrogen (secondary N) is 1. The van der Waals surface area contributed by atoms with E-state index in [-0.39, 0.29) is 27.5 Å². The van der Waals surface area contributed by atoms with Crippen LogP contribution in [0.15, 0.2) is 32.8 Å². The molecule has 0 unspecified atom stereocenters. The Balaban J connectivity index is 2.01. The number of thioether (sulfide) groups is 1. The fraction of sp³-hybridized carbons (Fsp3) is 0.350. The lowest BCUT2D eigenvalue weighted by molar-refractivity contribution is -0.113. The van der Waals surface area contributed by atoms with Crippen LogP contribution in [0.4, 0.5) is 14.5 Å². The predicted molar refractivity (Wildman–Crippen MR) is 114 cm³/mol. The number of amides is 1. The van der Waals surface area contributed by atoms with Crippen molar-refractivity contribution in [3.05, 3.63) is 56.5 Å². The monoisotopic (exact) mass is 449 g/mol. The van der Waals surface area contributed by atoms with E-state index in [2.05, 4.69) is 15.3 Å². The highest BCUT2D eigenvalue weighted by atomic mass is 32.2. The van der Waals surface area contributed by atoms with Crippen molar-refractivity contribution in [2.45, 2.75) is 31.2 Å². The van der Waals surface area contributed by atoms with Gasteiger partial charge in [-0.05, 0) is 12.1 Å². The third-order valence-corrected chi connectivity index (χ3v) is 5.46. The van der Waals surface area contributed by atoms with Gasteiger partial charge in [0.15, 0.2) is 5.65 Å². The van der Waals surface area contributed by atoms with Crippen LogP contribution in [0.2, 0.25) is 0 Å². The molecule has 1 N–H and O–H groups in total. The van der Waals surface area contributed by atoms with E-state index in [1.165, 1.54) is 18.7 Å². The number of aromatic nitrogens is 4. The maximum atomic E-state index is 13.8. The quantitative estimate of drug-likeness (QED) is 0.485. The highest BCUT2D eigenvalue weighted by Crippen LogP contribution is 2.27. The summed E-state index contributed by atoms with van der Waals surface area (Å²) in [5.74, 6) is -2.02. The summed E-state index contributed by atoms with van der Waals surface area (Å²) in [5.41, 5.74) is -1.59. The summed E-state index contributed by atoms with van der Waals surface area (Å²) in [6.45, 7) is 5.64. The van der Waals surface area contributed by atoms with Crippen LogP contribution in [0.5, 0.6) is 0 Å². The molecular weight excluding hydrogens is 428 g/mol. The first kappa shape index (κ1) is 22.6. The standard InChI is InChI=1S/C20H21F2N5O3S/c1-20(2,3)18-24-15-14(17(29)27(5)19(30)26(15)4)16(25-18)31-9-13(28)23-12-7-6-10(21)8-11(12)22/h6-8H,9H2,1-5H3,(H,23,28). The first-order valence-electron chi connectivity index (χ1n) is 9.26. The molecule has 0 aliphatic heterocycles. The summed E-state index contributed by atoms with van der Waals surface area (Å²) in [5, 5.41) is 2.71. The molecule has 31 heavy (non-hydrogen) atoms. The molecule has 1 amide bonds. The molecule has 0 atom stereocenters. The molecule has 0 radical (unpaired) electrons. The van der Waals surface area contributed by atoms with Gasteiger partial charge >= 0.3 is 5.69 Å². The molecular formula is C20H21F2N5O3S. The fourth-order valence-corrected chi connectivity index (χ4v) is 3.59. The number of fused-ring (bicyclic) bond motifs is 1. The number of anilines is 1. The van der Waals surface area contributed by atoms with Gasteiger partial charge < -0.3 is 5.32 Å². The van der Waals surface area contributed by atoms with Gasteiger partial charge in [-0.3, -0.25) is 18.7 Å². The molecule has 11 heteroatoms. The molecule has 0 spiro atoms. The molecule has 2 aromatic heterocycles. The Kier molecular flexibility index (Phi) is 5.99. The molecule has 0 saturated heterocycles. The van der Waals surface area contributed by atoms with E-state index in [0.717, 1.165) is 28.5 Å². The second-order valence-electron chi connectivity index (χ2n) is 7.97. The Bertz CT molecular complexity index is 1310. The number of nitrogens with zero attached hydrogens (tertiary/aromatic N) is 4. The summed E-state index contributed by atoms with van der Waals surface area (Å²) < 4.78 is 29.0. The van der Waals surface area contributed by atoms with Crippen LogP contribution in [-0.4, -0.2) is 30.8 Å². The first-order chi connectivity index (χ1) is 14.4. The maximum Gasteiger partial charge on any atom is 0.332 e. The predicted octanol–water partition coefficient (Wildman–Crippen LogP) is 2.33. The van der Waals surface area contributed by atoms with E-state index < -0.39 is 34.2 Å². The molecule has 3 aromatic rings. The second kappa shape index (κ2) is 8.22. The van der Waals surface area contributed by atoms with Crippen molar-refractivity contribution in [3.63, 3.8) is 0 Å². The smallest absolute Gasteiger partial charge is 0.323 e. The van der Waals surface area contributed by atoms with Gasteiger partial charge in [0.25, 0.3) is 5.56 Å². The highest BCUT2D eigenvalue weighted by Gasteiger charge is 2.24. The number of carbonyl (C=O) groups is 1. The van der Waals surface area contributed by atoms with Crippen LogP contribution in [0.1, 0.15) is 26.6 Å². The zero-order chi connectivity index (χ0) is 23.1. The summed E-state index contributed by atoms with van der Waals surface area (Å²) in [4.78, 5) is 46.3. The number of carbonyl (C=O) groups excluding carboxylic acids is 1. The molecule has 0 aliphatic rings. The van der Waals surface area contributed by atoms with Gasteiger partial charge in [0.1, 0.15) is 27.9 Å². The lowest BCUT2D eigenvalue weighted by Gasteiger charge is -2.19. The Morgan fingerprint density at radius 3 is 2.42 bits per heavy atom. The second-order valence-corrected chi connectivity index (χ2v) is 8.93. The first-order valence-corrected chi connectivity index (χ1v) is 10.2. The minimum absolute atomic E-state index is 0.114. The van der Waals surface area contributed by atoms with E-state index in [4.69, 9.17) is 0 Å². The van der Waals surface area contributed by atoms with Crippen molar-refractivity contribution < 1.29 is 13.6 Å². The lowest BCUT2D eigenvalue weighted by atomic mass is 9.96. The summed E-state index contributed by atoms with van der Waals surface area (Å²) >= 11 is 0.966. The van der Waals surface area contributed by atoms with E-state index in [1.807, 2.05) is 20.8 Å². The van der Waals surface area contributed by atoms with Gasteiger partial charge in [-0.1, -0.05) is 32.5 Å². The number of hydrogen-bond acceptors (Lipinski definition) is 6. The van der Waals surface area contributed by atoms with Crippen LogP contribution in [0.3, 0.4) is 0 Å². The van der Waals surface area contributed by atoms with E-state index >= 15 is 0 Å². The molecule has 0 saturated carbocycles. The third kappa shape index (κ3) is 4.50. The van der Waals surface area contributed by atoms with Crippen molar-refractivity contribution >= 4 is 34.4 Å². The van der Waals surface area contributed by atoms with E-state index in [0.29, 0.717) is 11.9 Å². The largest absolute Gasteiger partial charge is 0.332 e. The highest BCUT2D eigenvalue weighted by molar-refractivity contribution is 8.00. The van der Waals surface area contributed by atoms with Gasteiger partial charge in [-0.25, -0.2) is 23.5 Å². The lowest BCUT2D eigenvalue weighted by Crippen LogP contribution is -2.38. The average Bonchev–Trinajstić information content (AvgIpc) is 2.69. The topological polar surface area (TPSA) is 98.9 Å². The van der Waals surface area contributed by atoms with Gasteiger partial charge in [-0.2, -0.15) is 0 Å². The van der Waals surface area contributed by atoms with E-state index in [1.54, 1.807) is 0 Å². The van der Waals surface area contributed by atoms with Crippen molar-refractivity contribution in [2.24, 2.45) is 14.1 Å². The molecule has 0 fully saturated rings. The van der Waals surface area contributed by atoms with Crippen LogP contribution < -0.4 is 16.6 Å². The van der Waals surface area contributed by atoms with Gasteiger partial charge in [0.2, 0.25) is 5.91 Å². The Morgan fingerprint density at radius 1 is 1.13 bits per heavy atom. The number of halogens is 2. The van der Waals surface area contributed by atoms with Gasteiger partial charge in [-0.15, -0.1) is 0 Å². The zero-order valence-corrected chi connectivity index (χ0v) is 18.4. The van der Waals surface area contributed by atoms with Crippen molar-refractivity contribution in [3.8, 4) is 0 Å². The fourth-order valence-electron chi connectivity index (χ4n) is 2.78. The summed E-state index contributed by atoms with van der Waals surface area (Å²) in [6, 6.07) is 2.82. The van der Waals surface area contributed by atoms with Gasteiger partial charge in [0, 0.05) is 25.6 Å². The van der Waals surface area contributed by atoms with E-state index in [9.17, 15) is 23.2 Å². The molecule has 0 aliphatic carbocycles. The Hall–Kier alpha value is -3.08. The summed E-state index contributed by atoms with van der Waals surface area (Å²) in [6.07, 6.45) is 0. The Morgan fingerprint density at radius 2 is 1.81 bits per heavy atom. The number of benzene rings is 1. The summed E-state index contributed by atoms with van der Waals surface area (Å²) in [7, 11) is 2.85. The third-order valence-electron chi connectivity index (χ3n) is 4.48. The van der Waals surface area contributed by atoms with Crippen LogP contribution in [-0.2, 0) is 24.3 Å². The maximum absolute atomic E-state index is 13.8. The molecule has 164 valence electrons. The number of aryl methyl sites for hydroxylation is 1. The minimum Gasteiger partial charge on any atom is -0.323 e. The molecule has 3 rings (SSSR count).